The molecule has 28 heavy (non-hydrogen) atoms. The van der Waals surface area contributed by atoms with Gasteiger partial charge in [0.2, 0.25) is 5.88 Å². The number of anilines is 1. The third kappa shape index (κ3) is 3.84. The van der Waals surface area contributed by atoms with E-state index >= 15 is 0 Å². The largest absolute Gasteiger partial charge is 0.464 e. The van der Waals surface area contributed by atoms with Gasteiger partial charge in [-0.05, 0) is 65.7 Å². The van der Waals surface area contributed by atoms with Gasteiger partial charge >= 0.3 is 0 Å². The molecule has 0 aliphatic carbocycles. The number of aromatic nitrogens is 3. The van der Waals surface area contributed by atoms with Crippen LogP contribution in [0.2, 0.25) is 0 Å². The molecule has 0 aliphatic rings. The van der Waals surface area contributed by atoms with Crippen LogP contribution in [0.4, 0.5) is 5.82 Å². The van der Waals surface area contributed by atoms with Gasteiger partial charge in [0.15, 0.2) is 5.82 Å². The maximum Gasteiger partial charge on any atom is 0.230 e. The lowest BCUT2D eigenvalue weighted by atomic mass is 10.0. The van der Waals surface area contributed by atoms with Gasteiger partial charge < -0.3 is 14.9 Å². The number of nitrogens with two attached hydrogens (primary N) is 1. The zero-order chi connectivity index (χ0) is 20.3. The minimum absolute atomic E-state index is 0.362. The molecule has 0 bridgehead atoms. The summed E-state index contributed by atoms with van der Waals surface area (Å²) in [5.74, 6) is 1.55. The number of furan rings is 1. The molecular weight excluding hydrogens is 420 g/mol. The molecule has 144 valence electrons. The second-order valence-corrected chi connectivity index (χ2v) is 6.61. The van der Waals surface area contributed by atoms with Gasteiger partial charge in [-0.25, -0.2) is 15.0 Å². The van der Waals surface area contributed by atoms with Crippen LogP contribution >= 0.6 is 15.9 Å². The molecule has 0 radical (unpaired) electrons. The van der Waals surface area contributed by atoms with Crippen LogP contribution in [0, 0.1) is 13.8 Å². The standard InChI is InChI=1S/C19H15BrN4O2.C2H6/c1-10-9-12(26-19-14-6-8-25-15(14)5-7-22-19)3-4-13(10)16-11(2)23-17(20)18(21)24-16;1-2/h3-9H,1-2H3,(H2,21,24);1-2H3. The molecule has 6 nitrogen and oxygen atoms in total. The average molecular weight is 441 g/mol. The maximum atomic E-state index is 5.96. The summed E-state index contributed by atoms with van der Waals surface area (Å²) in [5, 5.41) is 0.830. The molecule has 0 saturated heterocycles. The number of pyridine rings is 1. The Balaban J connectivity index is 0.00000109. The van der Waals surface area contributed by atoms with E-state index in [1.807, 2.05) is 52.0 Å². The molecule has 0 unspecified atom stereocenters. The molecule has 1 aromatic carbocycles. The summed E-state index contributed by atoms with van der Waals surface area (Å²) >= 11 is 3.30. The van der Waals surface area contributed by atoms with Gasteiger partial charge in [-0.2, -0.15) is 0 Å². The first-order valence-electron chi connectivity index (χ1n) is 8.93. The van der Waals surface area contributed by atoms with Crippen LogP contribution < -0.4 is 10.5 Å². The number of hydrogen-bond donors (Lipinski definition) is 1. The van der Waals surface area contributed by atoms with Crippen LogP contribution in [0.3, 0.4) is 0 Å². The number of aryl methyl sites for hydroxylation is 2. The van der Waals surface area contributed by atoms with Crippen LogP contribution in [-0.4, -0.2) is 15.0 Å². The Kier molecular flexibility index (Phi) is 5.94. The van der Waals surface area contributed by atoms with E-state index in [4.69, 9.17) is 14.9 Å². The molecule has 0 fully saturated rings. The first kappa shape index (κ1) is 19.8. The fourth-order valence-corrected chi connectivity index (χ4v) is 3.14. The molecule has 7 heteroatoms. The molecule has 4 rings (SSSR count). The lowest BCUT2D eigenvalue weighted by Crippen LogP contribution is -2.01. The zero-order valence-corrected chi connectivity index (χ0v) is 17.7. The second-order valence-electron chi connectivity index (χ2n) is 5.86. The number of nitrogens with zero attached hydrogens (tertiary/aromatic N) is 3. The molecule has 0 amide bonds. The van der Waals surface area contributed by atoms with Gasteiger partial charge in [0.1, 0.15) is 15.9 Å². The van der Waals surface area contributed by atoms with Crippen molar-refractivity contribution in [3.05, 3.63) is 58.7 Å². The van der Waals surface area contributed by atoms with Crippen LogP contribution in [0.1, 0.15) is 25.1 Å². The third-order valence-electron chi connectivity index (χ3n) is 4.06. The minimum atomic E-state index is 0.362. The van der Waals surface area contributed by atoms with Crippen LogP contribution in [-0.2, 0) is 0 Å². The summed E-state index contributed by atoms with van der Waals surface area (Å²) in [6, 6.07) is 9.40. The fourth-order valence-electron chi connectivity index (χ4n) is 2.79. The normalized spacial score (nSPS) is 10.5. The van der Waals surface area contributed by atoms with E-state index in [2.05, 4.69) is 30.9 Å². The molecule has 0 spiro atoms. The summed E-state index contributed by atoms with van der Waals surface area (Å²) < 4.78 is 11.9. The topological polar surface area (TPSA) is 87.1 Å². The van der Waals surface area contributed by atoms with Crippen molar-refractivity contribution in [3.63, 3.8) is 0 Å². The number of ether oxygens (including phenoxy) is 1. The van der Waals surface area contributed by atoms with E-state index in [0.29, 0.717) is 22.1 Å². The Hall–Kier alpha value is -2.93. The third-order valence-corrected chi connectivity index (χ3v) is 4.65. The number of fused-ring (bicyclic) bond motifs is 1. The van der Waals surface area contributed by atoms with E-state index < -0.39 is 0 Å². The first-order chi connectivity index (χ1) is 13.5. The molecule has 0 aliphatic heterocycles. The van der Waals surface area contributed by atoms with Crippen LogP contribution in [0.25, 0.3) is 22.2 Å². The van der Waals surface area contributed by atoms with Crippen molar-refractivity contribution in [2.24, 2.45) is 0 Å². The van der Waals surface area contributed by atoms with E-state index in [0.717, 1.165) is 33.5 Å². The highest BCUT2D eigenvalue weighted by Crippen LogP contribution is 2.33. The quantitative estimate of drug-likeness (QED) is 0.416. The lowest BCUT2D eigenvalue weighted by molar-refractivity contribution is 0.468. The van der Waals surface area contributed by atoms with Crippen molar-refractivity contribution in [2.75, 3.05) is 5.73 Å². The summed E-state index contributed by atoms with van der Waals surface area (Å²) in [4.78, 5) is 13.1. The van der Waals surface area contributed by atoms with Crippen LogP contribution in [0.5, 0.6) is 11.6 Å². The van der Waals surface area contributed by atoms with Gasteiger partial charge in [-0.15, -0.1) is 0 Å². The molecule has 3 aromatic heterocycles. The van der Waals surface area contributed by atoms with Crippen molar-refractivity contribution >= 4 is 32.7 Å². The predicted octanol–water partition coefficient (Wildman–Crippen LogP) is 6.06. The Morgan fingerprint density at radius 2 is 1.86 bits per heavy atom. The lowest BCUT2D eigenvalue weighted by Gasteiger charge is -2.12. The SMILES string of the molecule is CC.Cc1cc(Oc2nccc3occc23)ccc1-c1nc(N)c(Br)nc1C. The van der Waals surface area contributed by atoms with Crippen molar-refractivity contribution < 1.29 is 9.15 Å². The van der Waals surface area contributed by atoms with Gasteiger partial charge in [0.05, 0.1) is 23.0 Å². The van der Waals surface area contributed by atoms with Gasteiger partial charge in [0.25, 0.3) is 0 Å². The van der Waals surface area contributed by atoms with Gasteiger partial charge in [-0.3, -0.25) is 0 Å². The van der Waals surface area contributed by atoms with E-state index in [1.165, 1.54) is 0 Å². The maximum absolute atomic E-state index is 5.96. The number of nitrogen functional groups attached to an aromatic ring is 1. The van der Waals surface area contributed by atoms with E-state index in [1.54, 1.807) is 18.5 Å². The monoisotopic (exact) mass is 440 g/mol. The number of hydrogen-bond acceptors (Lipinski definition) is 6. The van der Waals surface area contributed by atoms with Crippen molar-refractivity contribution in [1.82, 2.24) is 15.0 Å². The molecule has 0 atom stereocenters. The Labute approximate surface area is 171 Å². The zero-order valence-electron chi connectivity index (χ0n) is 16.2. The molecule has 2 N–H and O–H groups in total. The first-order valence-corrected chi connectivity index (χ1v) is 9.73. The Bertz CT molecular complexity index is 1120. The smallest absolute Gasteiger partial charge is 0.230 e. The van der Waals surface area contributed by atoms with Crippen molar-refractivity contribution in [3.8, 4) is 22.9 Å². The fraction of sp³-hybridized carbons (Fsp3) is 0.190. The van der Waals surface area contributed by atoms with E-state index in [-0.39, 0.29) is 0 Å². The Morgan fingerprint density at radius 3 is 2.61 bits per heavy atom. The number of rotatable bonds is 3. The van der Waals surface area contributed by atoms with Crippen molar-refractivity contribution in [2.45, 2.75) is 27.7 Å². The number of benzene rings is 1. The van der Waals surface area contributed by atoms with Crippen LogP contribution in [0.15, 0.2) is 51.8 Å². The number of halogens is 1. The van der Waals surface area contributed by atoms with Gasteiger partial charge in [-0.1, -0.05) is 13.8 Å². The highest BCUT2D eigenvalue weighted by Gasteiger charge is 2.13. The summed E-state index contributed by atoms with van der Waals surface area (Å²) in [5.41, 5.74) is 10.1. The average Bonchev–Trinajstić information content (AvgIpc) is 3.17. The summed E-state index contributed by atoms with van der Waals surface area (Å²) in [6.07, 6.45) is 3.28. The Morgan fingerprint density at radius 1 is 1.07 bits per heavy atom. The molecule has 3 heterocycles. The molecule has 0 saturated carbocycles. The summed E-state index contributed by atoms with van der Waals surface area (Å²) in [6.45, 7) is 7.90. The van der Waals surface area contributed by atoms with E-state index in [9.17, 15) is 0 Å². The molecular formula is C21H21BrN4O2. The highest BCUT2D eigenvalue weighted by atomic mass is 79.9. The predicted molar refractivity (Wildman–Crippen MR) is 114 cm³/mol. The second kappa shape index (κ2) is 8.39. The van der Waals surface area contributed by atoms with Gasteiger partial charge in [0, 0.05) is 11.8 Å². The summed E-state index contributed by atoms with van der Waals surface area (Å²) in [7, 11) is 0. The minimum Gasteiger partial charge on any atom is -0.464 e. The highest BCUT2D eigenvalue weighted by molar-refractivity contribution is 9.10. The molecule has 4 aromatic rings. The van der Waals surface area contributed by atoms with Crippen molar-refractivity contribution in [1.29, 1.82) is 0 Å².